The highest BCUT2D eigenvalue weighted by Gasteiger charge is 2.17. The molecule has 0 radical (unpaired) electrons. The van der Waals surface area contributed by atoms with Crippen molar-refractivity contribution >= 4 is 27.3 Å². The van der Waals surface area contributed by atoms with E-state index in [2.05, 4.69) is 10.0 Å². The molecule has 3 rings (SSSR count). The van der Waals surface area contributed by atoms with Crippen LogP contribution in [0, 0.1) is 25.5 Å². The lowest BCUT2D eigenvalue weighted by Gasteiger charge is -2.11. The smallest absolute Gasteiger partial charge is 0.261 e. The summed E-state index contributed by atoms with van der Waals surface area (Å²) < 4.78 is 53.2. The molecule has 8 heteroatoms. The number of carbonyl (C=O) groups excluding carboxylic acids is 1. The van der Waals surface area contributed by atoms with Gasteiger partial charge in [-0.1, -0.05) is 12.1 Å². The Balaban J connectivity index is 1.75. The van der Waals surface area contributed by atoms with Crippen LogP contribution in [-0.2, 0) is 10.0 Å². The fourth-order valence-electron chi connectivity index (χ4n) is 2.63. The van der Waals surface area contributed by atoms with Crippen LogP contribution in [0.5, 0.6) is 0 Å². The zero-order valence-electron chi connectivity index (χ0n) is 15.7. The van der Waals surface area contributed by atoms with Crippen LogP contribution < -0.4 is 10.0 Å². The molecule has 0 aliphatic carbocycles. The van der Waals surface area contributed by atoms with Gasteiger partial charge in [-0.3, -0.25) is 9.52 Å². The van der Waals surface area contributed by atoms with E-state index in [1.54, 1.807) is 6.07 Å². The molecule has 2 N–H and O–H groups in total. The molecular weight excluding hydrogens is 398 g/mol. The van der Waals surface area contributed by atoms with Gasteiger partial charge in [-0.2, -0.15) is 0 Å². The van der Waals surface area contributed by atoms with Crippen LogP contribution in [0.4, 0.5) is 20.2 Å². The first-order valence-corrected chi connectivity index (χ1v) is 10.1. The molecule has 0 saturated heterocycles. The lowest BCUT2D eigenvalue weighted by molar-refractivity contribution is 0.102. The maximum atomic E-state index is 13.3. The second-order valence-electron chi connectivity index (χ2n) is 6.46. The molecule has 0 saturated carbocycles. The van der Waals surface area contributed by atoms with Crippen LogP contribution in [0.3, 0.4) is 0 Å². The molecule has 150 valence electrons. The van der Waals surface area contributed by atoms with Crippen LogP contribution in [-0.4, -0.2) is 14.3 Å². The van der Waals surface area contributed by atoms with E-state index >= 15 is 0 Å². The van der Waals surface area contributed by atoms with E-state index in [1.807, 2.05) is 26.0 Å². The van der Waals surface area contributed by atoms with E-state index in [4.69, 9.17) is 0 Å². The number of carbonyl (C=O) groups is 1. The average molecular weight is 416 g/mol. The van der Waals surface area contributed by atoms with Crippen molar-refractivity contribution in [2.45, 2.75) is 18.7 Å². The predicted molar refractivity (Wildman–Crippen MR) is 107 cm³/mol. The number of amides is 1. The molecule has 1 amide bonds. The first-order valence-electron chi connectivity index (χ1n) is 8.63. The highest BCUT2D eigenvalue weighted by molar-refractivity contribution is 7.92. The molecule has 0 unspecified atom stereocenters. The highest BCUT2D eigenvalue weighted by atomic mass is 32.2. The third kappa shape index (κ3) is 4.60. The van der Waals surface area contributed by atoms with Gasteiger partial charge in [0.2, 0.25) is 0 Å². The van der Waals surface area contributed by atoms with E-state index in [0.717, 1.165) is 23.3 Å². The monoisotopic (exact) mass is 416 g/mol. The summed E-state index contributed by atoms with van der Waals surface area (Å²) in [6.45, 7) is 3.85. The second kappa shape index (κ2) is 8.00. The fraction of sp³-hybridized carbons (Fsp3) is 0.0952. The number of halogens is 2. The van der Waals surface area contributed by atoms with Crippen LogP contribution in [0.2, 0.25) is 0 Å². The molecule has 0 aliphatic rings. The topological polar surface area (TPSA) is 75.3 Å². The Morgan fingerprint density at radius 1 is 0.897 bits per heavy atom. The van der Waals surface area contributed by atoms with Gasteiger partial charge in [0.15, 0.2) is 11.6 Å². The lowest BCUT2D eigenvalue weighted by atomic mass is 10.1. The van der Waals surface area contributed by atoms with Crippen LogP contribution in [0.25, 0.3) is 0 Å². The number of rotatable bonds is 5. The standard InChI is InChI=1S/C21H18F2N2O3S/c1-13-4-3-5-20(14(13)2)24-21(26)15-6-8-16(9-7-15)25-29(27,28)17-10-11-18(22)19(23)12-17/h3-12,25H,1-2H3,(H,24,26). The number of nitrogens with one attached hydrogen (secondary N) is 2. The Bertz CT molecular complexity index is 1180. The Morgan fingerprint density at radius 3 is 2.24 bits per heavy atom. The molecule has 5 nitrogen and oxygen atoms in total. The molecule has 0 aliphatic heterocycles. The molecule has 0 heterocycles. The van der Waals surface area contributed by atoms with Crippen molar-refractivity contribution in [2.75, 3.05) is 10.0 Å². The van der Waals surface area contributed by atoms with Crippen LogP contribution >= 0.6 is 0 Å². The molecule has 0 bridgehead atoms. The predicted octanol–water partition coefficient (Wildman–Crippen LogP) is 4.63. The van der Waals surface area contributed by atoms with Gasteiger partial charge in [0.1, 0.15) is 0 Å². The molecule has 0 atom stereocenters. The summed E-state index contributed by atoms with van der Waals surface area (Å²) >= 11 is 0. The maximum Gasteiger partial charge on any atom is 0.261 e. The number of sulfonamides is 1. The maximum absolute atomic E-state index is 13.3. The van der Waals surface area contributed by atoms with E-state index in [0.29, 0.717) is 17.3 Å². The zero-order chi connectivity index (χ0) is 21.2. The Kier molecular flexibility index (Phi) is 5.65. The quantitative estimate of drug-likeness (QED) is 0.637. The van der Waals surface area contributed by atoms with Gasteiger partial charge in [-0.15, -0.1) is 0 Å². The number of benzene rings is 3. The van der Waals surface area contributed by atoms with Crippen LogP contribution in [0.1, 0.15) is 21.5 Å². The van der Waals surface area contributed by atoms with Crippen molar-refractivity contribution in [3.63, 3.8) is 0 Å². The molecule has 3 aromatic rings. The first-order chi connectivity index (χ1) is 13.7. The molecule has 0 aromatic heterocycles. The summed E-state index contributed by atoms with van der Waals surface area (Å²) in [5, 5.41) is 2.82. The SMILES string of the molecule is Cc1cccc(NC(=O)c2ccc(NS(=O)(=O)c3ccc(F)c(F)c3)cc2)c1C. The lowest BCUT2D eigenvalue weighted by Crippen LogP contribution is -2.15. The third-order valence-electron chi connectivity index (χ3n) is 4.45. The Labute approximate surface area is 167 Å². The largest absolute Gasteiger partial charge is 0.322 e. The first kappa shape index (κ1) is 20.5. The van der Waals surface area contributed by atoms with E-state index < -0.39 is 26.6 Å². The summed E-state index contributed by atoms with van der Waals surface area (Å²) in [5.41, 5.74) is 3.21. The molecule has 29 heavy (non-hydrogen) atoms. The third-order valence-corrected chi connectivity index (χ3v) is 5.83. The van der Waals surface area contributed by atoms with Gasteiger partial charge < -0.3 is 5.32 Å². The molecule has 3 aromatic carbocycles. The molecule has 0 fully saturated rings. The summed E-state index contributed by atoms with van der Waals surface area (Å²) in [5.74, 6) is -2.73. The summed E-state index contributed by atoms with van der Waals surface area (Å²) in [7, 11) is -4.10. The molecular formula is C21H18F2N2O3S. The number of hydrogen-bond acceptors (Lipinski definition) is 3. The van der Waals surface area contributed by atoms with Gasteiger partial charge in [-0.05, 0) is 73.5 Å². The zero-order valence-corrected chi connectivity index (χ0v) is 16.5. The van der Waals surface area contributed by atoms with Crippen molar-refractivity contribution < 1.29 is 22.0 Å². The van der Waals surface area contributed by atoms with Crippen molar-refractivity contribution in [1.82, 2.24) is 0 Å². The van der Waals surface area contributed by atoms with Gasteiger partial charge in [-0.25, -0.2) is 17.2 Å². The number of hydrogen-bond donors (Lipinski definition) is 2. The Hall–Kier alpha value is -3.26. The minimum Gasteiger partial charge on any atom is -0.322 e. The summed E-state index contributed by atoms with van der Waals surface area (Å²) in [4.78, 5) is 12.0. The van der Waals surface area contributed by atoms with Crippen molar-refractivity contribution in [2.24, 2.45) is 0 Å². The van der Waals surface area contributed by atoms with E-state index in [1.165, 1.54) is 24.3 Å². The van der Waals surface area contributed by atoms with Gasteiger partial charge in [0.25, 0.3) is 15.9 Å². The van der Waals surface area contributed by atoms with Gasteiger partial charge >= 0.3 is 0 Å². The van der Waals surface area contributed by atoms with Crippen molar-refractivity contribution in [3.05, 3.63) is 89.0 Å². The van der Waals surface area contributed by atoms with Gasteiger partial charge in [0, 0.05) is 16.9 Å². The minimum atomic E-state index is -4.10. The van der Waals surface area contributed by atoms with Gasteiger partial charge in [0.05, 0.1) is 4.90 Å². The Morgan fingerprint density at radius 2 is 1.59 bits per heavy atom. The van der Waals surface area contributed by atoms with Crippen molar-refractivity contribution in [3.8, 4) is 0 Å². The summed E-state index contributed by atoms with van der Waals surface area (Å²) in [6, 6.07) is 13.6. The minimum absolute atomic E-state index is 0.179. The average Bonchev–Trinajstić information content (AvgIpc) is 2.67. The highest BCUT2D eigenvalue weighted by Crippen LogP contribution is 2.21. The number of aryl methyl sites for hydroxylation is 1. The normalized spacial score (nSPS) is 11.2. The van der Waals surface area contributed by atoms with Crippen LogP contribution in [0.15, 0.2) is 65.6 Å². The summed E-state index contributed by atoms with van der Waals surface area (Å²) in [6.07, 6.45) is 0. The van der Waals surface area contributed by atoms with E-state index in [-0.39, 0.29) is 11.6 Å². The van der Waals surface area contributed by atoms with Crippen molar-refractivity contribution in [1.29, 1.82) is 0 Å². The second-order valence-corrected chi connectivity index (χ2v) is 8.14. The fourth-order valence-corrected chi connectivity index (χ4v) is 3.70. The number of anilines is 2. The van der Waals surface area contributed by atoms with E-state index in [9.17, 15) is 22.0 Å². The molecule has 0 spiro atoms.